The van der Waals surface area contributed by atoms with Gasteiger partial charge in [0.2, 0.25) is 0 Å². The number of hydrogen-bond donors (Lipinski definition) is 2. The largest absolute Gasteiger partial charge is 0.674 e. The maximum Gasteiger partial charge on any atom is 0.674 e. The van der Waals surface area contributed by atoms with Gasteiger partial charge < -0.3 is 18.4 Å². The van der Waals surface area contributed by atoms with E-state index in [1.54, 1.807) is 0 Å². The van der Waals surface area contributed by atoms with Gasteiger partial charge in [0.1, 0.15) is 0 Å². The van der Waals surface area contributed by atoms with Crippen molar-refractivity contribution in [3.8, 4) is 0 Å². The Morgan fingerprint density at radius 2 is 1.58 bits per heavy atom. The van der Waals surface area contributed by atoms with E-state index in [0.717, 1.165) is 19.3 Å². The van der Waals surface area contributed by atoms with Crippen LogP contribution >= 0.6 is 0 Å². The van der Waals surface area contributed by atoms with Crippen LogP contribution < -0.4 is 0 Å². The molecule has 0 aliphatic heterocycles. The van der Waals surface area contributed by atoms with Crippen LogP contribution in [0.4, 0.5) is 0 Å². The molecular weight excluding hydrogens is 176 g/mol. The maximum absolute atomic E-state index is 9.12. The zero-order valence-electron chi connectivity index (χ0n) is 7.75. The van der Waals surface area contributed by atoms with Crippen LogP contribution in [0, 0.1) is 0 Å². The van der Waals surface area contributed by atoms with E-state index in [4.69, 9.17) is 18.4 Å². The molecule has 0 aromatic rings. The quantitative estimate of drug-likeness (QED) is 0.461. The fraction of sp³-hybridized carbons (Fsp3) is 1.00. The Morgan fingerprint density at radius 3 is 2.08 bits per heavy atom. The number of unbranched alkanes of at least 4 members (excludes halogenated alkanes) is 1. The summed E-state index contributed by atoms with van der Waals surface area (Å²) in [7, 11) is -3.76. The van der Waals surface area contributed by atoms with Gasteiger partial charge in [-0.25, -0.2) is 0 Å². The van der Waals surface area contributed by atoms with Gasteiger partial charge in [-0.3, -0.25) is 0 Å². The summed E-state index contributed by atoms with van der Waals surface area (Å²) in [4.78, 5) is 18.2. The molecule has 74 valence electrons. The third-order valence-electron chi connectivity index (χ3n) is 1.28. The minimum Gasteiger partial charge on any atom is -0.367 e. The molecule has 0 bridgehead atoms. The minimum absolute atomic E-state index is 0.339. The van der Waals surface area contributed by atoms with Crippen molar-refractivity contribution in [3.05, 3.63) is 0 Å². The molecule has 0 aromatic heterocycles. The Hall–Kier alpha value is 0.0569. The Labute approximate surface area is 74.6 Å². The molecule has 5 heteroatoms. The van der Waals surface area contributed by atoms with Crippen LogP contribution in [0.1, 0.15) is 33.1 Å². The van der Waals surface area contributed by atoms with Crippen LogP contribution in [0.3, 0.4) is 0 Å². The fourth-order valence-corrected chi connectivity index (χ4v) is 1.59. The van der Waals surface area contributed by atoms with E-state index in [-0.39, 0.29) is 0 Å². The van der Waals surface area contributed by atoms with E-state index in [1.165, 1.54) is 0 Å². The normalized spacial score (nSPS) is 12.0. The highest BCUT2D eigenvalue weighted by Gasteiger charge is 2.35. The fourth-order valence-electron chi connectivity index (χ4n) is 0.626. The highest BCUT2D eigenvalue weighted by atomic mass is 28.4. The number of hydrogen-bond acceptors (Lipinski definition) is 4. The van der Waals surface area contributed by atoms with Gasteiger partial charge in [-0.2, -0.15) is 0 Å². The molecule has 0 aliphatic rings. The second-order valence-electron chi connectivity index (χ2n) is 2.60. The molecule has 0 saturated carbocycles. The molecule has 0 unspecified atom stereocenters. The van der Waals surface area contributed by atoms with Gasteiger partial charge in [-0.15, -0.1) is 0 Å². The van der Waals surface area contributed by atoms with Crippen molar-refractivity contribution in [3.63, 3.8) is 0 Å². The highest BCUT2D eigenvalue weighted by Crippen LogP contribution is 2.01. The van der Waals surface area contributed by atoms with Crippen LogP contribution in [-0.2, 0) is 8.85 Å². The van der Waals surface area contributed by atoms with E-state index in [1.807, 2.05) is 13.8 Å². The molecule has 0 heterocycles. The van der Waals surface area contributed by atoms with Crippen molar-refractivity contribution >= 4 is 9.05 Å². The van der Waals surface area contributed by atoms with Crippen LogP contribution in [0.25, 0.3) is 0 Å². The van der Waals surface area contributed by atoms with Gasteiger partial charge in [0.25, 0.3) is 0 Å². The lowest BCUT2D eigenvalue weighted by Gasteiger charge is -2.16. The van der Waals surface area contributed by atoms with Crippen LogP contribution in [-0.4, -0.2) is 31.9 Å². The summed E-state index contributed by atoms with van der Waals surface area (Å²) in [6, 6.07) is 0. The summed E-state index contributed by atoms with van der Waals surface area (Å²) in [5, 5.41) is 0. The Morgan fingerprint density at radius 1 is 1.00 bits per heavy atom. The van der Waals surface area contributed by atoms with Crippen molar-refractivity contribution in [2.24, 2.45) is 0 Å². The minimum atomic E-state index is -3.76. The van der Waals surface area contributed by atoms with Gasteiger partial charge >= 0.3 is 9.05 Å². The monoisotopic (exact) mass is 194 g/mol. The Bertz CT molecular complexity index is 108. The molecule has 2 N–H and O–H groups in total. The molecule has 0 aromatic carbocycles. The third kappa shape index (κ3) is 6.75. The van der Waals surface area contributed by atoms with Crippen molar-refractivity contribution in [1.82, 2.24) is 0 Å². The first-order valence-electron chi connectivity index (χ1n) is 4.35. The average Bonchev–Trinajstić information content (AvgIpc) is 2.01. The van der Waals surface area contributed by atoms with E-state index in [2.05, 4.69) is 0 Å². The van der Waals surface area contributed by atoms with Crippen LogP contribution in [0.2, 0.25) is 0 Å². The molecule has 0 rings (SSSR count). The first-order chi connectivity index (χ1) is 5.62. The zero-order valence-corrected chi connectivity index (χ0v) is 8.75. The molecule has 0 fully saturated rings. The average molecular weight is 194 g/mol. The lowest BCUT2D eigenvalue weighted by atomic mass is 10.4. The molecular formula is C7H18O4Si. The van der Waals surface area contributed by atoms with E-state index in [9.17, 15) is 0 Å². The van der Waals surface area contributed by atoms with E-state index >= 15 is 0 Å². The maximum atomic E-state index is 9.12. The summed E-state index contributed by atoms with van der Waals surface area (Å²) in [6.07, 6.45) is 2.55. The van der Waals surface area contributed by atoms with Crippen molar-refractivity contribution in [2.45, 2.75) is 33.1 Å². The first-order valence-corrected chi connectivity index (χ1v) is 6.06. The molecule has 0 atom stereocenters. The highest BCUT2D eigenvalue weighted by molar-refractivity contribution is 6.50. The molecule has 0 amide bonds. The standard InChI is InChI=1S/C7H18O4Si/c1-3-5-7-11-12(8,9)10-6-4-2/h8-9H,3-7H2,1-2H3. The van der Waals surface area contributed by atoms with Crippen LogP contribution in [0.15, 0.2) is 0 Å². The summed E-state index contributed by atoms with van der Waals surface area (Å²) >= 11 is 0. The molecule has 0 aliphatic carbocycles. The Balaban J connectivity index is 3.42. The summed E-state index contributed by atoms with van der Waals surface area (Å²) in [5.41, 5.74) is 0. The van der Waals surface area contributed by atoms with Crippen molar-refractivity contribution < 1.29 is 18.4 Å². The second-order valence-corrected chi connectivity index (χ2v) is 4.27. The van der Waals surface area contributed by atoms with Crippen molar-refractivity contribution in [2.75, 3.05) is 13.2 Å². The number of rotatable bonds is 7. The lowest BCUT2D eigenvalue weighted by Crippen LogP contribution is -2.43. The van der Waals surface area contributed by atoms with Gasteiger partial charge in [0.05, 0.1) is 0 Å². The summed E-state index contributed by atoms with van der Waals surface area (Å²) < 4.78 is 9.55. The third-order valence-corrected chi connectivity index (χ3v) is 2.44. The van der Waals surface area contributed by atoms with Gasteiger partial charge in [-0.05, 0) is 12.8 Å². The molecule has 12 heavy (non-hydrogen) atoms. The second kappa shape index (κ2) is 6.56. The van der Waals surface area contributed by atoms with Crippen molar-refractivity contribution in [1.29, 1.82) is 0 Å². The van der Waals surface area contributed by atoms with Gasteiger partial charge in [-0.1, -0.05) is 20.3 Å². The summed E-state index contributed by atoms with van der Waals surface area (Å²) in [5.74, 6) is 0. The molecule has 0 radical (unpaired) electrons. The smallest absolute Gasteiger partial charge is 0.367 e. The predicted octanol–water partition coefficient (Wildman–Crippen LogP) is 0.650. The van der Waals surface area contributed by atoms with Gasteiger partial charge in [0, 0.05) is 13.2 Å². The predicted molar refractivity (Wildman–Crippen MR) is 47.3 cm³/mol. The SMILES string of the molecule is CCCCO[Si](O)(O)OCCC. The summed E-state index contributed by atoms with van der Waals surface area (Å²) in [6.45, 7) is 4.61. The first kappa shape index (κ1) is 12.1. The van der Waals surface area contributed by atoms with Gasteiger partial charge in [0.15, 0.2) is 0 Å². The topological polar surface area (TPSA) is 58.9 Å². The Kier molecular flexibility index (Phi) is 6.59. The molecule has 0 saturated heterocycles. The van der Waals surface area contributed by atoms with E-state index < -0.39 is 9.05 Å². The molecule has 4 nitrogen and oxygen atoms in total. The zero-order chi connectivity index (χ0) is 9.45. The van der Waals surface area contributed by atoms with E-state index in [0.29, 0.717) is 13.2 Å². The van der Waals surface area contributed by atoms with Crippen LogP contribution in [0.5, 0.6) is 0 Å². The molecule has 0 spiro atoms. The lowest BCUT2D eigenvalue weighted by molar-refractivity contribution is 0.0234.